The molecule has 0 bridgehead atoms. The van der Waals surface area contributed by atoms with Gasteiger partial charge in [-0.2, -0.15) is 0 Å². The second-order valence-electron chi connectivity index (χ2n) is 6.35. The Hall–Kier alpha value is -3.71. The lowest BCUT2D eigenvalue weighted by atomic mass is 9.89. The van der Waals surface area contributed by atoms with Crippen molar-refractivity contribution in [3.8, 4) is 29.6 Å². The molecule has 5 rings (SSSR count). The molecular formula is C23H14O4. The fourth-order valence-corrected chi connectivity index (χ4v) is 3.64. The van der Waals surface area contributed by atoms with Crippen molar-refractivity contribution in [2.24, 2.45) is 0 Å². The van der Waals surface area contributed by atoms with Gasteiger partial charge in [0.15, 0.2) is 5.78 Å². The Morgan fingerprint density at radius 3 is 2.41 bits per heavy atom. The van der Waals surface area contributed by atoms with Crippen molar-refractivity contribution in [2.75, 3.05) is 6.61 Å². The summed E-state index contributed by atoms with van der Waals surface area (Å²) in [5.41, 5.74) is 0.998. The molecule has 0 aromatic heterocycles. The van der Waals surface area contributed by atoms with E-state index in [4.69, 9.17) is 20.6 Å². The number of carbonyl (C=O) groups excluding carboxylic acids is 1. The molecule has 1 heterocycles. The average Bonchev–Trinajstić information content (AvgIpc) is 2.70. The van der Waals surface area contributed by atoms with Gasteiger partial charge in [0, 0.05) is 6.08 Å². The monoisotopic (exact) mass is 354 g/mol. The van der Waals surface area contributed by atoms with E-state index in [9.17, 15) is 4.79 Å². The first-order valence-corrected chi connectivity index (χ1v) is 8.55. The molecule has 4 nitrogen and oxygen atoms in total. The van der Waals surface area contributed by atoms with Gasteiger partial charge in [-0.1, -0.05) is 36.3 Å². The molecule has 27 heavy (non-hydrogen) atoms. The fourth-order valence-electron chi connectivity index (χ4n) is 3.64. The molecule has 2 aliphatic rings. The number of fused-ring (bicyclic) bond motifs is 2. The molecule has 0 atom stereocenters. The summed E-state index contributed by atoms with van der Waals surface area (Å²) in [6.07, 6.45) is 8.40. The summed E-state index contributed by atoms with van der Waals surface area (Å²) in [4.78, 5) is 12.6. The lowest BCUT2D eigenvalue weighted by Gasteiger charge is -2.39. The third-order valence-corrected chi connectivity index (χ3v) is 4.76. The van der Waals surface area contributed by atoms with E-state index in [1.54, 1.807) is 18.2 Å². The molecule has 1 aliphatic heterocycles. The van der Waals surface area contributed by atoms with Crippen molar-refractivity contribution in [1.82, 2.24) is 0 Å². The molecule has 0 N–H and O–H groups in total. The van der Waals surface area contributed by atoms with Crippen LogP contribution >= 0.6 is 0 Å². The van der Waals surface area contributed by atoms with Gasteiger partial charge < -0.3 is 14.2 Å². The van der Waals surface area contributed by atoms with E-state index < -0.39 is 5.79 Å². The van der Waals surface area contributed by atoms with Crippen LogP contribution in [0.5, 0.6) is 17.2 Å². The number of ketones is 1. The summed E-state index contributed by atoms with van der Waals surface area (Å²) in [5.74, 6) is 2.84. The molecule has 0 amide bonds. The zero-order valence-corrected chi connectivity index (χ0v) is 14.3. The van der Waals surface area contributed by atoms with Crippen molar-refractivity contribution < 1.29 is 19.0 Å². The quantitative estimate of drug-likeness (QED) is 0.646. The molecule has 1 aliphatic carbocycles. The smallest absolute Gasteiger partial charge is 0.299 e. The number of benzene rings is 3. The standard InChI is InChI=1S/C23H14O4/c1-2-14-25-18-9-5-8-16-22(18)17(24)12-13-23(16)26-19-10-3-6-15-7-4-11-20(27-23)21(15)19/h1,3-13H,14H2. The first kappa shape index (κ1) is 15.5. The van der Waals surface area contributed by atoms with Gasteiger partial charge in [0.05, 0.1) is 16.5 Å². The highest BCUT2D eigenvalue weighted by molar-refractivity contribution is 6.09. The number of terminal acetylenes is 1. The topological polar surface area (TPSA) is 44.8 Å². The molecule has 0 unspecified atom stereocenters. The van der Waals surface area contributed by atoms with E-state index in [2.05, 4.69) is 5.92 Å². The molecule has 4 heteroatoms. The summed E-state index contributed by atoms with van der Waals surface area (Å²) in [6.45, 7) is 0.0737. The maximum absolute atomic E-state index is 12.6. The Bertz CT molecular complexity index is 1130. The van der Waals surface area contributed by atoms with Crippen molar-refractivity contribution in [3.63, 3.8) is 0 Å². The molecule has 0 saturated heterocycles. The van der Waals surface area contributed by atoms with Crippen LogP contribution in [-0.2, 0) is 5.79 Å². The fraction of sp³-hybridized carbons (Fsp3) is 0.0870. The van der Waals surface area contributed by atoms with Gasteiger partial charge in [-0.25, -0.2) is 0 Å². The van der Waals surface area contributed by atoms with Gasteiger partial charge in [-0.05, 0) is 35.7 Å². The van der Waals surface area contributed by atoms with E-state index in [1.165, 1.54) is 6.08 Å². The zero-order chi connectivity index (χ0) is 18.4. The highest BCUT2D eigenvalue weighted by atomic mass is 16.7. The van der Waals surface area contributed by atoms with Crippen molar-refractivity contribution >= 4 is 16.6 Å². The van der Waals surface area contributed by atoms with Gasteiger partial charge >= 0.3 is 0 Å². The van der Waals surface area contributed by atoms with Crippen molar-refractivity contribution in [2.45, 2.75) is 5.79 Å². The van der Waals surface area contributed by atoms with Crippen LogP contribution in [0.15, 0.2) is 66.7 Å². The third-order valence-electron chi connectivity index (χ3n) is 4.76. The van der Waals surface area contributed by atoms with Crippen LogP contribution < -0.4 is 14.2 Å². The molecule has 1 spiro atoms. The summed E-state index contributed by atoms with van der Waals surface area (Å²) in [7, 11) is 0. The molecule has 3 aromatic carbocycles. The number of carbonyl (C=O) groups is 1. The minimum atomic E-state index is -1.23. The third kappa shape index (κ3) is 2.22. The first-order chi connectivity index (χ1) is 13.2. The van der Waals surface area contributed by atoms with Crippen LogP contribution in [0.3, 0.4) is 0 Å². The van der Waals surface area contributed by atoms with Gasteiger partial charge in [-0.15, -0.1) is 6.42 Å². The molecule has 3 aromatic rings. The Labute approximate surface area is 156 Å². The molecule has 0 fully saturated rings. The Morgan fingerprint density at radius 1 is 1.00 bits per heavy atom. The van der Waals surface area contributed by atoms with Crippen molar-refractivity contribution in [1.29, 1.82) is 0 Å². The summed E-state index contributed by atoms with van der Waals surface area (Å²) in [5, 5.41) is 1.94. The van der Waals surface area contributed by atoms with Crippen LogP contribution in [0, 0.1) is 12.3 Å². The van der Waals surface area contributed by atoms with Gasteiger partial charge in [0.1, 0.15) is 23.9 Å². The zero-order valence-electron chi connectivity index (χ0n) is 14.3. The van der Waals surface area contributed by atoms with Gasteiger partial charge in [-0.3, -0.25) is 4.79 Å². The summed E-state index contributed by atoms with van der Waals surface area (Å²) >= 11 is 0. The molecule has 130 valence electrons. The maximum atomic E-state index is 12.6. The predicted molar refractivity (Wildman–Crippen MR) is 101 cm³/mol. The van der Waals surface area contributed by atoms with E-state index in [0.717, 1.165) is 10.8 Å². The highest BCUT2D eigenvalue weighted by Gasteiger charge is 2.45. The number of hydrogen-bond acceptors (Lipinski definition) is 4. The van der Waals surface area contributed by atoms with Crippen LogP contribution in [0.25, 0.3) is 10.8 Å². The summed E-state index contributed by atoms with van der Waals surface area (Å²) < 4.78 is 18.2. The lowest BCUT2D eigenvalue weighted by Crippen LogP contribution is -2.42. The van der Waals surface area contributed by atoms with Gasteiger partial charge in [0.25, 0.3) is 5.79 Å². The first-order valence-electron chi connectivity index (χ1n) is 8.55. The lowest BCUT2D eigenvalue weighted by molar-refractivity contribution is -0.0840. The normalized spacial score (nSPS) is 15.6. The maximum Gasteiger partial charge on any atom is 0.299 e. The second-order valence-corrected chi connectivity index (χ2v) is 6.35. The Kier molecular flexibility index (Phi) is 3.25. The average molecular weight is 354 g/mol. The predicted octanol–water partition coefficient (Wildman–Crippen LogP) is 4.23. The number of hydrogen-bond donors (Lipinski definition) is 0. The SMILES string of the molecule is C#CCOc1cccc2c1C(=O)C=CC21Oc2cccc3cccc(c23)O1. The largest absolute Gasteiger partial charge is 0.480 e. The number of allylic oxidation sites excluding steroid dienone is 1. The molecular weight excluding hydrogens is 340 g/mol. The number of ether oxygens (including phenoxy) is 3. The molecule has 0 radical (unpaired) electrons. The Morgan fingerprint density at radius 2 is 1.70 bits per heavy atom. The molecule has 0 saturated carbocycles. The van der Waals surface area contributed by atoms with E-state index >= 15 is 0 Å². The van der Waals surface area contributed by atoms with Crippen LogP contribution in [0.2, 0.25) is 0 Å². The van der Waals surface area contributed by atoms with Crippen LogP contribution in [0.1, 0.15) is 15.9 Å². The van der Waals surface area contributed by atoms with Crippen molar-refractivity contribution in [3.05, 3.63) is 77.9 Å². The highest BCUT2D eigenvalue weighted by Crippen LogP contribution is 2.48. The second kappa shape index (κ2) is 5.65. The van der Waals surface area contributed by atoms with E-state index in [-0.39, 0.29) is 12.4 Å². The van der Waals surface area contributed by atoms with Crippen LogP contribution in [-0.4, -0.2) is 12.4 Å². The number of rotatable bonds is 2. The summed E-state index contributed by atoms with van der Waals surface area (Å²) in [6, 6.07) is 17.0. The minimum absolute atomic E-state index is 0.0737. The Balaban J connectivity index is 1.71. The van der Waals surface area contributed by atoms with Gasteiger partial charge in [0.2, 0.25) is 0 Å². The van der Waals surface area contributed by atoms with Crippen LogP contribution in [0.4, 0.5) is 0 Å². The van der Waals surface area contributed by atoms with E-state index in [0.29, 0.717) is 28.4 Å². The van der Waals surface area contributed by atoms with E-state index in [1.807, 2.05) is 42.5 Å². The minimum Gasteiger partial charge on any atom is -0.480 e.